The van der Waals surface area contributed by atoms with Crippen LogP contribution < -0.4 is 10.6 Å². The maximum absolute atomic E-state index is 12.0. The second-order valence-corrected chi connectivity index (χ2v) is 5.48. The van der Waals surface area contributed by atoms with Gasteiger partial charge in [0.15, 0.2) is 5.76 Å². The summed E-state index contributed by atoms with van der Waals surface area (Å²) in [6.07, 6.45) is 0. The first-order chi connectivity index (χ1) is 10.1. The average molecular weight is 286 g/mol. The predicted molar refractivity (Wildman–Crippen MR) is 84.5 cm³/mol. The molecule has 4 heteroatoms. The second-order valence-electron chi connectivity index (χ2n) is 5.48. The fourth-order valence-electron chi connectivity index (χ4n) is 2.05. The third-order valence-electron chi connectivity index (χ3n) is 3.38. The number of aryl methyl sites for hydroxylation is 1. The molecule has 1 unspecified atom stereocenters. The lowest BCUT2D eigenvalue weighted by Gasteiger charge is -2.23. The summed E-state index contributed by atoms with van der Waals surface area (Å²) < 4.78 is 5.32. The van der Waals surface area contributed by atoms with Crippen molar-refractivity contribution in [2.45, 2.75) is 26.8 Å². The molecule has 21 heavy (non-hydrogen) atoms. The van der Waals surface area contributed by atoms with Gasteiger partial charge in [-0.3, -0.25) is 4.79 Å². The molecule has 0 fully saturated rings. The normalized spacial score (nSPS) is 12.2. The summed E-state index contributed by atoms with van der Waals surface area (Å²) in [6, 6.07) is 13.6. The summed E-state index contributed by atoms with van der Waals surface area (Å²) in [5.41, 5.74) is 1.05. The molecule has 0 spiro atoms. The maximum Gasteiger partial charge on any atom is 0.287 e. The van der Waals surface area contributed by atoms with Crippen LogP contribution in [0.25, 0.3) is 0 Å². The second kappa shape index (κ2) is 6.97. The highest BCUT2D eigenvalue weighted by Crippen LogP contribution is 2.12. The Morgan fingerprint density at radius 3 is 2.43 bits per heavy atom. The van der Waals surface area contributed by atoms with E-state index in [0.29, 0.717) is 18.2 Å². The standard InChI is InChI=1S/C17H22N2O2/c1-12(2)15(19-14-7-5-4-6-8-14)11-18-17(20)16-10-9-13(3)21-16/h4-10,12,15,19H,11H2,1-3H3,(H,18,20). The number of carbonyl (C=O) groups excluding carboxylic acids is 1. The molecule has 4 nitrogen and oxygen atoms in total. The van der Waals surface area contributed by atoms with Crippen molar-refractivity contribution in [1.82, 2.24) is 5.32 Å². The Morgan fingerprint density at radius 2 is 1.86 bits per heavy atom. The number of hydrogen-bond acceptors (Lipinski definition) is 3. The molecule has 0 bridgehead atoms. The molecule has 0 aliphatic rings. The van der Waals surface area contributed by atoms with E-state index in [4.69, 9.17) is 4.42 Å². The molecule has 1 atom stereocenters. The SMILES string of the molecule is Cc1ccc(C(=O)NCC(Nc2ccccc2)C(C)C)o1. The van der Waals surface area contributed by atoms with Gasteiger partial charge in [0.05, 0.1) is 0 Å². The summed E-state index contributed by atoms with van der Waals surface area (Å²) in [4.78, 5) is 12.0. The first kappa shape index (κ1) is 15.2. The van der Waals surface area contributed by atoms with Gasteiger partial charge in [-0.1, -0.05) is 32.0 Å². The van der Waals surface area contributed by atoms with Crippen molar-refractivity contribution in [1.29, 1.82) is 0 Å². The first-order valence-electron chi connectivity index (χ1n) is 7.22. The van der Waals surface area contributed by atoms with Crippen molar-refractivity contribution in [2.75, 3.05) is 11.9 Å². The fourth-order valence-corrected chi connectivity index (χ4v) is 2.05. The van der Waals surface area contributed by atoms with Gasteiger partial charge in [0.1, 0.15) is 5.76 Å². The minimum absolute atomic E-state index is 0.160. The van der Waals surface area contributed by atoms with Crippen molar-refractivity contribution in [3.63, 3.8) is 0 Å². The zero-order valence-corrected chi connectivity index (χ0v) is 12.7. The molecule has 0 radical (unpaired) electrons. The molecular formula is C17H22N2O2. The molecule has 2 aromatic rings. The Morgan fingerprint density at radius 1 is 1.14 bits per heavy atom. The molecule has 0 aliphatic carbocycles. The Labute approximate surface area is 125 Å². The number of para-hydroxylation sites is 1. The summed E-state index contributed by atoms with van der Waals surface area (Å²) in [7, 11) is 0. The number of hydrogen-bond donors (Lipinski definition) is 2. The lowest BCUT2D eigenvalue weighted by atomic mass is 10.0. The van der Waals surface area contributed by atoms with E-state index in [9.17, 15) is 4.79 Å². The van der Waals surface area contributed by atoms with Crippen LogP contribution in [0.4, 0.5) is 5.69 Å². The zero-order valence-electron chi connectivity index (χ0n) is 12.7. The van der Waals surface area contributed by atoms with E-state index in [2.05, 4.69) is 24.5 Å². The number of rotatable bonds is 6. The number of carbonyl (C=O) groups is 1. The molecule has 1 heterocycles. The highest BCUT2D eigenvalue weighted by molar-refractivity contribution is 5.91. The van der Waals surface area contributed by atoms with E-state index >= 15 is 0 Å². The summed E-state index contributed by atoms with van der Waals surface area (Å²) in [5.74, 6) is 1.31. The van der Waals surface area contributed by atoms with Crippen molar-refractivity contribution in [3.05, 3.63) is 54.0 Å². The van der Waals surface area contributed by atoms with Gasteiger partial charge in [0.2, 0.25) is 0 Å². The van der Waals surface area contributed by atoms with E-state index in [1.54, 1.807) is 12.1 Å². The summed E-state index contributed by atoms with van der Waals surface area (Å²) in [5, 5.41) is 6.36. The van der Waals surface area contributed by atoms with Gasteiger partial charge < -0.3 is 15.1 Å². The van der Waals surface area contributed by atoms with E-state index in [1.165, 1.54) is 0 Å². The van der Waals surface area contributed by atoms with E-state index in [0.717, 1.165) is 11.4 Å². The smallest absolute Gasteiger partial charge is 0.287 e. The Hall–Kier alpha value is -2.23. The quantitative estimate of drug-likeness (QED) is 0.855. The van der Waals surface area contributed by atoms with Gasteiger partial charge >= 0.3 is 0 Å². The molecule has 112 valence electrons. The van der Waals surface area contributed by atoms with E-state index < -0.39 is 0 Å². The predicted octanol–water partition coefficient (Wildman–Crippen LogP) is 3.45. The van der Waals surface area contributed by atoms with Crippen molar-refractivity contribution in [3.8, 4) is 0 Å². The first-order valence-corrected chi connectivity index (χ1v) is 7.22. The highest BCUT2D eigenvalue weighted by Gasteiger charge is 2.16. The summed E-state index contributed by atoms with van der Waals surface area (Å²) >= 11 is 0. The number of furan rings is 1. The maximum atomic E-state index is 12.0. The van der Waals surface area contributed by atoms with Crippen LogP contribution in [0.5, 0.6) is 0 Å². The molecule has 0 aliphatic heterocycles. The fraction of sp³-hybridized carbons (Fsp3) is 0.353. The molecular weight excluding hydrogens is 264 g/mol. The van der Waals surface area contributed by atoms with E-state index in [-0.39, 0.29) is 11.9 Å². The largest absolute Gasteiger partial charge is 0.456 e. The van der Waals surface area contributed by atoms with E-state index in [1.807, 2.05) is 37.3 Å². The zero-order chi connectivity index (χ0) is 15.2. The molecule has 0 saturated carbocycles. The van der Waals surface area contributed by atoms with Crippen molar-refractivity contribution >= 4 is 11.6 Å². The average Bonchev–Trinajstić information content (AvgIpc) is 2.90. The molecule has 1 aromatic heterocycles. The molecule has 1 aromatic carbocycles. The third-order valence-corrected chi connectivity index (χ3v) is 3.38. The van der Waals surface area contributed by atoms with Gasteiger partial charge in [-0.05, 0) is 37.1 Å². The van der Waals surface area contributed by atoms with Gasteiger partial charge in [-0.25, -0.2) is 0 Å². The minimum Gasteiger partial charge on any atom is -0.456 e. The lowest BCUT2D eigenvalue weighted by molar-refractivity contribution is 0.0921. The van der Waals surface area contributed by atoms with Crippen LogP contribution in [0.1, 0.15) is 30.2 Å². The van der Waals surface area contributed by atoms with Gasteiger partial charge in [0, 0.05) is 18.3 Å². The van der Waals surface area contributed by atoms with Gasteiger partial charge in [0.25, 0.3) is 5.91 Å². The van der Waals surface area contributed by atoms with Crippen LogP contribution >= 0.6 is 0 Å². The molecule has 2 N–H and O–H groups in total. The Kier molecular flexibility index (Phi) is 5.04. The van der Waals surface area contributed by atoms with Gasteiger partial charge in [-0.15, -0.1) is 0 Å². The highest BCUT2D eigenvalue weighted by atomic mass is 16.3. The van der Waals surface area contributed by atoms with Crippen molar-refractivity contribution in [2.24, 2.45) is 5.92 Å². The van der Waals surface area contributed by atoms with Crippen LogP contribution in [0.3, 0.4) is 0 Å². The van der Waals surface area contributed by atoms with Crippen LogP contribution in [0.15, 0.2) is 46.9 Å². The van der Waals surface area contributed by atoms with Gasteiger partial charge in [-0.2, -0.15) is 0 Å². The monoisotopic (exact) mass is 286 g/mol. The topological polar surface area (TPSA) is 54.3 Å². The minimum atomic E-state index is -0.177. The van der Waals surface area contributed by atoms with Crippen LogP contribution in [-0.4, -0.2) is 18.5 Å². The van der Waals surface area contributed by atoms with Crippen molar-refractivity contribution < 1.29 is 9.21 Å². The summed E-state index contributed by atoms with van der Waals surface area (Å²) in [6.45, 7) is 6.63. The van der Waals surface area contributed by atoms with Crippen LogP contribution in [-0.2, 0) is 0 Å². The number of nitrogens with one attached hydrogen (secondary N) is 2. The lowest BCUT2D eigenvalue weighted by Crippen LogP contribution is -2.39. The molecule has 2 rings (SSSR count). The van der Waals surface area contributed by atoms with Crippen LogP contribution in [0, 0.1) is 12.8 Å². The molecule has 0 saturated heterocycles. The van der Waals surface area contributed by atoms with Crippen LogP contribution in [0.2, 0.25) is 0 Å². The Bertz CT molecular complexity index is 575. The third kappa shape index (κ3) is 4.38. The number of benzene rings is 1. The Balaban J connectivity index is 1.93. The number of amides is 1. The molecule has 1 amide bonds. The number of anilines is 1.